The van der Waals surface area contributed by atoms with Gasteiger partial charge in [0.2, 0.25) is 0 Å². The Bertz CT molecular complexity index is 958. The Labute approximate surface area is 154 Å². The van der Waals surface area contributed by atoms with Crippen LogP contribution in [0, 0.1) is 10.1 Å². The molecule has 0 aliphatic rings. The molecular formula is C19H13ClN2O4. The Kier molecular flexibility index (Phi) is 5.15. The average molecular weight is 369 g/mol. The quantitative estimate of drug-likeness (QED) is 0.489. The number of hydrogen-bond donors (Lipinski definition) is 1. The molecule has 0 fully saturated rings. The molecule has 0 heterocycles. The molecule has 3 aromatic rings. The molecule has 130 valence electrons. The standard InChI is InChI=1S/C19H13ClN2O4/c20-16-6-2-4-8-18(16)26-14-11-9-13(10-12-14)21-19(23)15-5-1-3-7-17(15)22(24)25/h1-12H,(H,21,23). The van der Waals surface area contributed by atoms with Crippen LogP contribution in [0.4, 0.5) is 11.4 Å². The van der Waals surface area contributed by atoms with Gasteiger partial charge in [0, 0.05) is 11.8 Å². The topological polar surface area (TPSA) is 81.5 Å². The summed E-state index contributed by atoms with van der Waals surface area (Å²) in [5.41, 5.74) is 0.234. The number of rotatable bonds is 5. The normalized spacial score (nSPS) is 10.2. The molecule has 0 bridgehead atoms. The summed E-state index contributed by atoms with van der Waals surface area (Å²) in [6.45, 7) is 0. The monoisotopic (exact) mass is 368 g/mol. The van der Waals surface area contributed by atoms with Crippen molar-refractivity contribution in [3.8, 4) is 11.5 Å². The molecule has 3 rings (SSSR count). The summed E-state index contributed by atoms with van der Waals surface area (Å²) in [5.74, 6) is 0.504. The van der Waals surface area contributed by atoms with Gasteiger partial charge >= 0.3 is 0 Å². The van der Waals surface area contributed by atoms with Crippen molar-refractivity contribution in [2.24, 2.45) is 0 Å². The van der Waals surface area contributed by atoms with Gasteiger partial charge in [0.05, 0.1) is 9.95 Å². The van der Waals surface area contributed by atoms with Crippen LogP contribution in [0.1, 0.15) is 10.4 Å². The third-order valence-electron chi connectivity index (χ3n) is 3.52. The molecule has 0 aliphatic carbocycles. The summed E-state index contributed by atoms with van der Waals surface area (Å²) in [6, 6.07) is 19.5. The van der Waals surface area contributed by atoms with Crippen LogP contribution >= 0.6 is 11.6 Å². The summed E-state index contributed by atoms with van der Waals surface area (Å²) in [6.07, 6.45) is 0. The molecule has 0 spiro atoms. The van der Waals surface area contributed by atoms with Crippen molar-refractivity contribution in [2.45, 2.75) is 0 Å². The van der Waals surface area contributed by atoms with E-state index < -0.39 is 10.8 Å². The first kappa shape index (κ1) is 17.4. The van der Waals surface area contributed by atoms with E-state index in [1.165, 1.54) is 18.2 Å². The molecule has 0 aliphatic heterocycles. The maximum absolute atomic E-state index is 12.3. The van der Waals surface area contributed by atoms with Gasteiger partial charge in [-0.1, -0.05) is 35.9 Å². The molecule has 1 N–H and O–H groups in total. The molecule has 0 aromatic heterocycles. The minimum atomic E-state index is -0.588. The molecule has 7 heteroatoms. The lowest BCUT2D eigenvalue weighted by molar-refractivity contribution is -0.385. The van der Waals surface area contributed by atoms with E-state index in [-0.39, 0.29) is 11.3 Å². The number of nitro groups is 1. The molecular weight excluding hydrogens is 356 g/mol. The van der Waals surface area contributed by atoms with Crippen LogP contribution < -0.4 is 10.1 Å². The lowest BCUT2D eigenvalue weighted by atomic mass is 10.1. The number of anilines is 1. The zero-order chi connectivity index (χ0) is 18.5. The van der Waals surface area contributed by atoms with Crippen molar-refractivity contribution < 1.29 is 14.5 Å². The van der Waals surface area contributed by atoms with Gasteiger partial charge in [0.15, 0.2) is 0 Å². The number of ether oxygens (including phenoxy) is 1. The van der Waals surface area contributed by atoms with Gasteiger partial charge in [-0.05, 0) is 42.5 Å². The smallest absolute Gasteiger partial charge is 0.282 e. The number of carbonyl (C=O) groups is 1. The predicted molar refractivity (Wildman–Crippen MR) is 99.0 cm³/mol. The van der Waals surface area contributed by atoms with Gasteiger partial charge in [-0.15, -0.1) is 0 Å². The van der Waals surface area contributed by atoms with Crippen molar-refractivity contribution in [3.63, 3.8) is 0 Å². The first-order valence-corrected chi connectivity index (χ1v) is 7.99. The van der Waals surface area contributed by atoms with Gasteiger partial charge in [-0.2, -0.15) is 0 Å². The third kappa shape index (κ3) is 3.99. The first-order chi connectivity index (χ1) is 12.5. The van der Waals surface area contributed by atoms with Gasteiger partial charge in [-0.3, -0.25) is 14.9 Å². The van der Waals surface area contributed by atoms with Crippen LogP contribution in [0.2, 0.25) is 5.02 Å². The Morgan fingerprint density at radius 1 is 0.962 bits per heavy atom. The van der Waals surface area contributed by atoms with E-state index >= 15 is 0 Å². The molecule has 3 aromatic carbocycles. The minimum Gasteiger partial charge on any atom is -0.456 e. The van der Waals surface area contributed by atoms with Gasteiger partial charge in [0.1, 0.15) is 17.1 Å². The van der Waals surface area contributed by atoms with E-state index in [0.717, 1.165) is 0 Å². The number of benzene rings is 3. The Hall–Kier alpha value is -3.38. The van der Waals surface area contributed by atoms with E-state index in [1.807, 2.05) is 6.07 Å². The van der Waals surface area contributed by atoms with E-state index in [0.29, 0.717) is 22.2 Å². The van der Waals surface area contributed by atoms with Gasteiger partial charge in [0.25, 0.3) is 11.6 Å². The average Bonchev–Trinajstić information content (AvgIpc) is 2.65. The van der Waals surface area contributed by atoms with Gasteiger partial charge < -0.3 is 10.1 Å². The zero-order valence-electron chi connectivity index (χ0n) is 13.4. The molecule has 26 heavy (non-hydrogen) atoms. The van der Waals surface area contributed by atoms with Crippen molar-refractivity contribution >= 4 is 28.9 Å². The highest BCUT2D eigenvalue weighted by Crippen LogP contribution is 2.29. The van der Waals surface area contributed by atoms with E-state index in [4.69, 9.17) is 16.3 Å². The number of carbonyl (C=O) groups excluding carboxylic acids is 1. The number of nitrogens with zero attached hydrogens (tertiary/aromatic N) is 1. The number of para-hydroxylation sites is 2. The largest absolute Gasteiger partial charge is 0.456 e. The summed E-state index contributed by atoms with van der Waals surface area (Å²) in [4.78, 5) is 22.7. The lowest BCUT2D eigenvalue weighted by Crippen LogP contribution is -2.13. The van der Waals surface area contributed by atoms with Gasteiger partial charge in [-0.25, -0.2) is 0 Å². The molecule has 6 nitrogen and oxygen atoms in total. The molecule has 0 unspecified atom stereocenters. The summed E-state index contributed by atoms with van der Waals surface area (Å²) in [7, 11) is 0. The molecule has 0 saturated carbocycles. The van der Waals surface area contributed by atoms with E-state index in [9.17, 15) is 14.9 Å². The van der Waals surface area contributed by atoms with Crippen molar-refractivity contribution in [1.29, 1.82) is 0 Å². The number of halogens is 1. The van der Waals surface area contributed by atoms with E-state index in [2.05, 4.69) is 5.32 Å². The third-order valence-corrected chi connectivity index (χ3v) is 3.83. The fraction of sp³-hybridized carbons (Fsp3) is 0. The number of amides is 1. The Morgan fingerprint density at radius 2 is 1.62 bits per heavy atom. The van der Waals surface area contributed by atoms with Crippen LogP contribution in [-0.4, -0.2) is 10.8 Å². The van der Waals surface area contributed by atoms with Crippen LogP contribution in [0.15, 0.2) is 72.8 Å². The zero-order valence-corrected chi connectivity index (χ0v) is 14.1. The molecule has 0 radical (unpaired) electrons. The van der Waals surface area contributed by atoms with Crippen molar-refractivity contribution in [2.75, 3.05) is 5.32 Å². The SMILES string of the molecule is O=C(Nc1ccc(Oc2ccccc2Cl)cc1)c1ccccc1[N+](=O)[O-]. The fourth-order valence-corrected chi connectivity index (χ4v) is 2.46. The van der Waals surface area contributed by atoms with Crippen molar-refractivity contribution in [3.05, 3.63) is 93.5 Å². The second-order valence-electron chi connectivity index (χ2n) is 5.29. The van der Waals surface area contributed by atoms with Crippen LogP contribution in [0.5, 0.6) is 11.5 Å². The second kappa shape index (κ2) is 7.67. The number of hydrogen-bond acceptors (Lipinski definition) is 4. The maximum Gasteiger partial charge on any atom is 0.282 e. The minimum absolute atomic E-state index is 0.00565. The highest BCUT2D eigenvalue weighted by molar-refractivity contribution is 6.32. The fourth-order valence-electron chi connectivity index (χ4n) is 2.28. The maximum atomic E-state index is 12.3. The summed E-state index contributed by atoms with van der Waals surface area (Å²) >= 11 is 6.05. The van der Waals surface area contributed by atoms with Crippen LogP contribution in [0.3, 0.4) is 0 Å². The Morgan fingerprint density at radius 3 is 2.31 bits per heavy atom. The van der Waals surface area contributed by atoms with E-state index in [1.54, 1.807) is 48.5 Å². The molecule has 0 atom stereocenters. The predicted octanol–water partition coefficient (Wildman–Crippen LogP) is 5.29. The van der Waals surface area contributed by atoms with Crippen LogP contribution in [-0.2, 0) is 0 Å². The highest BCUT2D eigenvalue weighted by atomic mass is 35.5. The first-order valence-electron chi connectivity index (χ1n) is 7.62. The second-order valence-corrected chi connectivity index (χ2v) is 5.69. The molecule has 0 saturated heterocycles. The lowest BCUT2D eigenvalue weighted by Gasteiger charge is -2.09. The van der Waals surface area contributed by atoms with Crippen molar-refractivity contribution in [1.82, 2.24) is 0 Å². The summed E-state index contributed by atoms with van der Waals surface area (Å²) < 4.78 is 5.67. The van der Waals surface area contributed by atoms with Crippen LogP contribution in [0.25, 0.3) is 0 Å². The molecule has 1 amide bonds. The Balaban J connectivity index is 1.73. The summed E-state index contributed by atoms with van der Waals surface area (Å²) in [5, 5.41) is 14.1. The number of nitro benzene ring substituents is 1. The highest BCUT2D eigenvalue weighted by Gasteiger charge is 2.19. The number of nitrogens with one attached hydrogen (secondary N) is 1.